The van der Waals surface area contributed by atoms with Crippen LogP contribution in [-0.4, -0.2) is 4.57 Å². The Labute approximate surface area is 307 Å². The standard InChI is InChI=1S/C46H24N4S2/c47-24-27-11-13-29(14-12-27)30-15-19-42-38(22-30)35-17-18-36-39-23-31(16-20-43(39)52-46(36)45(35)51-42)33-8-4-6-32(26-49)44(33)50-40-9-2-1-7-34(40)37-21-28(25-48)5-3-10-41(37)50/h1-2,4,6-9,11-15,17-19,21-23H,5,16,20H2. The third kappa shape index (κ3) is 4.50. The lowest BCUT2D eigenvalue weighted by Gasteiger charge is -2.20. The Bertz CT molecular complexity index is 3130. The molecule has 3 heterocycles. The van der Waals surface area contributed by atoms with E-state index in [-0.39, 0.29) is 0 Å². The molecule has 0 atom stereocenters. The third-order valence-corrected chi connectivity index (χ3v) is 12.9. The molecule has 5 aromatic carbocycles. The zero-order valence-electron chi connectivity index (χ0n) is 27.6. The summed E-state index contributed by atoms with van der Waals surface area (Å²) in [5.41, 5.74) is 11.2. The zero-order valence-corrected chi connectivity index (χ0v) is 29.3. The topological polar surface area (TPSA) is 76.3 Å². The molecule has 0 spiro atoms. The van der Waals surface area contributed by atoms with Crippen LogP contribution in [0.3, 0.4) is 0 Å². The van der Waals surface area contributed by atoms with E-state index in [0.717, 1.165) is 57.4 Å². The van der Waals surface area contributed by atoms with Crippen LogP contribution >= 0.6 is 22.7 Å². The van der Waals surface area contributed by atoms with Gasteiger partial charge >= 0.3 is 0 Å². The van der Waals surface area contributed by atoms with Gasteiger partial charge in [-0.15, -0.1) is 22.7 Å². The van der Waals surface area contributed by atoms with E-state index in [9.17, 15) is 15.8 Å². The van der Waals surface area contributed by atoms with Crippen molar-refractivity contribution >= 4 is 81.6 Å². The monoisotopic (exact) mass is 696 g/mol. The van der Waals surface area contributed by atoms with Crippen LogP contribution in [0.2, 0.25) is 0 Å². The van der Waals surface area contributed by atoms with Gasteiger partial charge in [0.15, 0.2) is 0 Å². The molecule has 0 amide bonds. The van der Waals surface area contributed by atoms with E-state index in [4.69, 9.17) is 0 Å². The molecule has 0 unspecified atom stereocenters. The average Bonchev–Trinajstić information content (AvgIpc) is 3.80. The summed E-state index contributed by atoms with van der Waals surface area (Å²) in [4.78, 5) is 1.39. The Morgan fingerprint density at radius 2 is 1.48 bits per heavy atom. The van der Waals surface area contributed by atoms with Crippen LogP contribution in [0.25, 0.3) is 75.7 Å². The molecular formula is C46H24N4S2. The predicted molar refractivity (Wildman–Crippen MR) is 214 cm³/mol. The Morgan fingerprint density at radius 3 is 2.33 bits per heavy atom. The van der Waals surface area contributed by atoms with Gasteiger partial charge in [-0.05, 0) is 89.6 Å². The van der Waals surface area contributed by atoms with Gasteiger partial charge in [0, 0.05) is 54.2 Å². The molecule has 0 N–H and O–H groups in total. The summed E-state index contributed by atoms with van der Waals surface area (Å²) in [5.74, 6) is 6.59. The van der Waals surface area contributed by atoms with E-state index >= 15 is 0 Å². The van der Waals surface area contributed by atoms with Crippen LogP contribution in [0.4, 0.5) is 0 Å². The van der Waals surface area contributed by atoms with Gasteiger partial charge in [-0.25, -0.2) is 0 Å². The summed E-state index contributed by atoms with van der Waals surface area (Å²) >= 11 is 3.76. The predicted octanol–water partition coefficient (Wildman–Crippen LogP) is 11.8. The van der Waals surface area contributed by atoms with Crippen molar-refractivity contribution in [3.05, 3.63) is 141 Å². The molecule has 0 aliphatic heterocycles. The number of thiophene rings is 2. The summed E-state index contributed by atoms with van der Waals surface area (Å²) < 4.78 is 6.05. The van der Waals surface area contributed by atoms with Gasteiger partial charge in [0.2, 0.25) is 0 Å². The molecule has 3 aromatic heterocycles. The normalized spacial score (nSPS) is 13.3. The summed E-state index contributed by atoms with van der Waals surface area (Å²) in [6, 6.07) is 40.2. The highest BCUT2D eigenvalue weighted by Crippen LogP contribution is 2.48. The maximum absolute atomic E-state index is 10.5. The average molecular weight is 697 g/mol. The van der Waals surface area contributed by atoms with Gasteiger partial charge in [0.25, 0.3) is 0 Å². The summed E-state index contributed by atoms with van der Waals surface area (Å²) in [7, 11) is 0. The number of rotatable bonds is 3. The molecule has 0 saturated carbocycles. The number of benzene rings is 5. The molecule has 2 aliphatic carbocycles. The second-order valence-corrected chi connectivity index (χ2v) is 15.3. The molecule has 10 rings (SSSR count). The first-order valence-electron chi connectivity index (χ1n) is 17.0. The number of aromatic nitrogens is 1. The largest absolute Gasteiger partial charge is 0.300 e. The zero-order chi connectivity index (χ0) is 34.9. The molecule has 52 heavy (non-hydrogen) atoms. The lowest BCUT2D eigenvalue weighted by atomic mass is 9.89. The Balaban J connectivity index is 1.14. The van der Waals surface area contributed by atoms with Gasteiger partial charge in [-0.3, -0.25) is 0 Å². The minimum absolute atomic E-state index is 0.400. The van der Waals surface area contributed by atoms with Gasteiger partial charge in [0.1, 0.15) is 11.8 Å². The van der Waals surface area contributed by atoms with Gasteiger partial charge in [-0.2, -0.15) is 15.8 Å². The number of allylic oxidation sites excluding steroid dienone is 2. The van der Waals surface area contributed by atoms with Crippen molar-refractivity contribution in [2.24, 2.45) is 0 Å². The van der Waals surface area contributed by atoms with E-state index in [2.05, 4.69) is 89.2 Å². The van der Waals surface area contributed by atoms with E-state index in [0.29, 0.717) is 23.1 Å². The molecule has 0 bridgehead atoms. The molecule has 2 aliphatic rings. The summed E-state index contributed by atoms with van der Waals surface area (Å²) in [6.07, 6.45) is 6.48. The van der Waals surface area contributed by atoms with Crippen molar-refractivity contribution in [3.63, 3.8) is 0 Å². The molecule has 0 fully saturated rings. The highest BCUT2D eigenvalue weighted by Gasteiger charge is 2.26. The van der Waals surface area contributed by atoms with E-state index in [1.807, 2.05) is 77.3 Å². The van der Waals surface area contributed by atoms with Crippen LogP contribution in [0.1, 0.15) is 51.2 Å². The SMILES string of the molecule is N#CC1=Cc2c(n(-c3c(C#N)cccc3C3=Cc4c(sc5c4ccc4c6cc(-c7ccc(C#N)cc7)ccc6sc45)CC3)c3ccccc23)C#CC1. The van der Waals surface area contributed by atoms with Gasteiger partial charge in [0.05, 0.1) is 43.9 Å². The maximum atomic E-state index is 10.5. The quantitative estimate of drug-likeness (QED) is 0.173. The molecule has 0 saturated heterocycles. The minimum atomic E-state index is 0.400. The van der Waals surface area contributed by atoms with Crippen molar-refractivity contribution in [1.29, 1.82) is 15.8 Å². The Hall–Kier alpha value is -6.67. The fourth-order valence-electron chi connectivity index (χ4n) is 7.85. The number of nitriles is 3. The smallest absolute Gasteiger partial charge is 0.105 e. The second kappa shape index (κ2) is 11.7. The summed E-state index contributed by atoms with van der Waals surface area (Å²) in [6.45, 7) is 0. The third-order valence-electron chi connectivity index (χ3n) is 10.3. The van der Waals surface area contributed by atoms with Gasteiger partial charge < -0.3 is 4.57 Å². The fourth-order valence-corrected chi connectivity index (χ4v) is 10.4. The van der Waals surface area contributed by atoms with E-state index in [1.165, 1.54) is 46.3 Å². The maximum Gasteiger partial charge on any atom is 0.105 e. The lowest BCUT2D eigenvalue weighted by molar-refractivity contribution is 1.02. The van der Waals surface area contributed by atoms with Crippen molar-refractivity contribution in [3.8, 4) is 46.9 Å². The number of nitrogens with zero attached hydrogens (tertiary/aromatic N) is 4. The first-order valence-corrected chi connectivity index (χ1v) is 18.7. The van der Waals surface area contributed by atoms with Crippen LogP contribution in [0, 0.1) is 45.8 Å². The molecular weight excluding hydrogens is 673 g/mol. The molecule has 240 valence electrons. The first kappa shape index (κ1) is 30.2. The number of fused-ring (bicyclic) bond motifs is 10. The van der Waals surface area contributed by atoms with Crippen LogP contribution in [0.5, 0.6) is 0 Å². The van der Waals surface area contributed by atoms with Gasteiger partial charge in [-0.1, -0.05) is 66.6 Å². The Kier molecular flexibility index (Phi) is 6.79. The van der Waals surface area contributed by atoms with Crippen LogP contribution in [0.15, 0.2) is 103 Å². The molecule has 0 radical (unpaired) electrons. The molecule has 8 aromatic rings. The Morgan fingerprint density at radius 1 is 0.654 bits per heavy atom. The van der Waals surface area contributed by atoms with Crippen molar-refractivity contribution in [2.75, 3.05) is 0 Å². The number of hydrogen-bond acceptors (Lipinski definition) is 5. The number of aryl methyl sites for hydroxylation is 1. The molecule has 4 nitrogen and oxygen atoms in total. The van der Waals surface area contributed by atoms with E-state index < -0.39 is 0 Å². The highest BCUT2D eigenvalue weighted by atomic mass is 32.1. The summed E-state index contributed by atoms with van der Waals surface area (Å²) in [5, 5.41) is 34.3. The lowest BCUT2D eigenvalue weighted by Crippen LogP contribution is -2.07. The minimum Gasteiger partial charge on any atom is -0.300 e. The second-order valence-electron chi connectivity index (χ2n) is 13.1. The van der Waals surface area contributed by atoms with Crippen molar-refractivity contribution in [2.45, 2.75) is 19.3 Å². The fraction of sp³-hybridized carbons (Fsp3) is 0.0652. The van der Waals surface area contributed by atoms with Crippen molar-refractivity contribution in [1.82, 2.24) is 4.57 Å². The number of para-hydroxylation sites is 2. The van der Waals surface area contributed by atoms with Crippen molar-refractivity contribution < 1.29 is 0 Å². The first-order chi connectivity index (χ1) is 25.6. The van der Waals surface area contributed by atoms with Crippen LogP contribution in [-0.2, 0) is 6.42 Å². The number of hydrogen-bond donors (Lipinski definition) is 0. The van der Waals surface area contributed by atoms with E-state index in [1.54, 1.807) is 0 Å². The molecule has 6 heteroatoms. The highest BCUT2D eigenvalue weighted by molar-refractivity contribution is 7.31. The van der Waals surface area contributed by atoms with Crippen LogP contribution < -0.4 is 0 Å².